The van der Waals surface area contributed by atoms with Crippen molar-refractivity contribution in [2.24, 2.45) is 0 Å². The molecule has 0 saturated heterocycles. The fourth-order valence-electron chi connectivity index (χ4n) is 2.25. The molecule has 6 heteroatoms. The summed E-state index contributed by atoms with van der Waals surface area (Å²) < 4.78 is 0. The third-order valence-corrected chi connectivity index (χ3v) is 3.54. The van der Waals surface area contributed by atoms with E-state index in [1.54, 1.807) is 73.3 Å². The summed E-state index contributed by atoms with van der Waals surface area (Å²) in [4.78, 5) is 29.9. The molecule has 128 valence electrons. The number of aromatic nitrogens is 2. The van der Waals surface area contributed by atoms with Crippen LogP contribution in [-0.2, 0) is 4.79 Å². The van der Waals surface area contributed by atoms with E-state index in [4.69, 9.17) is 0 Å². The Kier molecular flexibility index (Phi) is 5.47. The molecular formula is C20H18N4O2+2. The van der Waals surface area contributed by atoms with Gasteiger partial charge in [-0.25, -0.2) is 9.97 Å². The summed E-state index contributed by atoms with van der Waals surface area (Å²) in [6, 6.07) is 14.2. The van der Waals surface area contributed by atoms with Crippen molar-refractivity contribution in [2.75, 3.05) is 10.6 Å². The van der Waals surface area contributed by atoms with E-state index in [9.17, 15) is 9.59 Å². The molecule has 0 unspecified atom stereocenters. The van der Waals surface area contributed by atoms with Crippen LogP contribution in [0.4, 0.5) is 11.4 Å². The van der Waals surface area contributed by atoms with E-state index >= 15 is 0 Å². The molecule has 3 aromatic rings. The highest BCUT2D eigenvalue weighted by Crippen LogP contribution is 2.10. The number of aromatic amines is 2. The summed E-state index contributed by atoms with van der Waals surface area (Å²) in [5, 5.41) is 5.54. The predicted octanol–water partition coefficient (Wildman–Crippen LogP) is 2.22. The Bertz CT molecular complexity index is 908. The van der Waals surface area contributed by atoms with Gasteiger partial charge in [-0.3, -0.25) is 9.59 Å². The fourth-order valence-corrected chi connectivity index (χ4v) is 2.25. The number of anilines is 2. The van der Waals surface area contributed by atoms with Crippen LogP contribution in [-0.4, -0.2) is 11.8 Å². The molecule has 2 heterocycles. The average Bonchev–Trinajstić information content (AvgIpc) is 2.68. The van der Waals surface area contributed by atoms with Crippen LogP contribution in [0.5, 0.6) is 0 Å². The van der Waals surface area contributed by atoms with Gasteiger partial charge in [0.15, 0.2) is 24.8 Å². The van der Waals surface area contributed by atoms with Crippen LogP contribution in [0, 0.1) is 0 Å². The first-order chi connectivity index (χ1) is 12.7. The smallest absolute Gasteiger partial charge is 0.255 e. The molecule has 3 rings (SSSR count). The second-order valence-corrected chi connectivity index (χ2v) is 5.48. The summed E-state index contributed by atoms with van der Waals surface area (Å²) >= 11 is 0. The molecule has 0 bridgehead atoms. The first-order valence-electron chi connectivity index (χ1n) is 8.03. The van der Waals surface area contributed by atoms with Crippen molar-refractivity contribution in [2.45, 2.75) is 0 Å². The average molecular weight is 346 g/mol. The van der Waals surface area contributed by atoms with Crippen LogP contribution in [0.1, 0.15) is 15.9 Å². The molecule has 6 nitrogen and oxygen atoms in total. The number of amides is 2. The molecule has 0 saturated carbocycles. The lowest BCUT2D eigenvalue weighted by atomic mass is 10.1. The van der Waals surface area contributed by atoms with Crippen LogP contribution in [0.3, 0.4) is 0 Å². The minimum Gasteiger partial charge on any atom is -0.317 e. The molecule has 0 aliphatic rings. The summed E-state index contributed by atoms with van der Waals surface area (Å²) in [7, 11) is 0. The molecule has 26 heavy (non-hydrogen) atoms. The van der Waals surface area contributed by atoms with Crippen molar-refractivity contribution in [3.8, 4) is 0 Å². The van der Waals surface area contributed by atoms with Crippen LogP contribution in [0.2, 0.25) is 0 Å². The molecule has 0 radical (unpaired) electrons. The van der Waals surface area contributed by atoms with E-state index in [2.05, 4.69) is 20.6 Å². The second-order valence-electron chi connectivity index (χ2n) is 5.48. The molecule has 2 aromatic heterocycles. The van der Waals surface area contributed by atoms with Gasteiger partial charge < -0.3 is 10.6 Å². The Labute approximate surface area is 150 Å². The standard InChI is InChI=1S/C20H16N4O2/c25-19(23-17-3-1-11-21-13-17)10-7-15-5-8-16(9-6-15)20(26)24-18-4-2-12-22-14-18/h1-14H,(H,23,25)(H,24,26)/p+2. The number of carbonyl (C=O) groups is 2. The molecule has 0 aliphatic carbocycles. The first-order valence-corrected chi connectivity index (χ1v) is 8.03. The lowest BCUT2D eigenvalue weighted by Crippen LogP contribution is -2.13. The lowest BCUT2D eigenvalue weighted by molar-refractivity contribution is -0.377. The fraction of sp³-hybridized carbons (Fsp3) is 0. The van der Waals surface area contributed by atoms with Crippen molar-refractivity contribution in [1.29, 1.82) is 0 Å². The second kappa shape index (κ2) is 8.34. The van der Waals surface area contributed by atoms with Gasteiger partial charge in [-0.2, -0.15) is 0 Å². The van der Waals surface area contributed by atoms with Gasteiger partial charge in [0.05, 0.1) is 0 Å². The van der Waals surface area contributed by atoms with Crippen molar-refractivity contribution in [3.63, 3.8) is 0 Å². The van der Waals surface area contributed by atoms with Crippen molar-refractivity contribution >= 4 is 29.3 Å². The zero-order valence-electron chi connectivity index (χ0n) is 13.9. The number of carbonyl (C=O) groups excluding carboxylic acids is 2. The van der Waals surface area contributed by atoms with Gasteiger partial charge in [0.25, 0.3) is 5.91 Å². The Morgan fingerprint density at radius 3 is 2.00 bits per heavy atom. The Balaban J connectivity index is 1.58. The lowest BCUT2D eigenvalue weighted by Gasteiger charge is -2.03. The van der Waals surface area contributed by atoms with E-state index in [0.29, 0.717) is 16.9 Å². The summed E-state index contributed by atoms with van der Waals surface area (Å²) in [6.45, 7) is 0. The van der Waals surface area contributed by atoms with Crippen molar-refractivity contribution < 1.29 is 19.6 Å². The van der Waals surface area contributed by atoms with Gasteiger partial charge in [-0.15, -0.1) is 0 Å². The molecule has 2 amide bonds. The normalized spacial score (nSPS) is 10.5. The van der Waals surface area contributed by atoms with Crippen molar-refractivity contribution in [3.05, 3.63) is 90.5 Å². The minimum atomic E-state index is -0.230. The number of pyridine rings is 2. The largest absolute Gasteiger partial charge is 0.317 e. The zero-order valence-corrected chi connectivity index (χ0v) is 13.9. The maximum Gasteiger partial charge on any atom is 0.255 e. The highest BCUT2D eigenvalue weighted by molar-refractivity contribution is 6.04. The first kappa shape index (κ1) is 17.0. The third kappa shape index (κ3) is 4.85. The van der Waals surface area contributed by atoms with Gasteiger partial charge in [-0.05, 0) is 35.9 Å². The molecule has 0 aliphatic heterocycles. The van der Waals surface area contributed by atoms with Crippen LogP contribution >= 0.6 is 0 Å². The van der Waals surface area contributed by atoms with Gasteiger partial charge in [0.2, 0.25) is 5.91 Å². The molecular weight excluding hydrogens is 328 g/mol. The zero-order chi connectivity index (χ0) is 18.2. The topological polar surface area (TPSA) is 86.5 Å². The molecule has 0 fully saturated rings. The molecule has 0 spiro atoms. The number of rotatable bonds is 5. The number of hydrogen-bond donors (Lipinski definition) is 2. The SMILES string of the molecule is O=C(C=Cc1ccc(C(=O)Nc2ccc[nH+]c2)cc1)Nc1ccc[nH+]c1. The van der Waals surface area contributed by atoms with Crippen LogP contribution in [0.15, 0.2) is 79.4 Å². The Morgan fingerprint density at radius 1 is 0.808 bits per heavy atom. The molecule has 1 aromatic carbocycles. The maximum atomic E-state index is 12.2. The van der Waals surface area contributed by atoms with Gasteiger partial charge in [-0.1, -0.05) is 12.1 Å². The van der Waals surface area contributed by atoms with Gasteiger partial charge in [0, 0.05) is 23.8 Å². The summed E-state index contributed by atoms with van der Waals surface area (Å²) in [6.07, 6.45) is 10.1. The molecule has 4 N–H and O–H groups in total. The highest BCUT2D eigenvalue weighted by atomic mass is 16.2. The Hall–Kier alpha value is -3.80. The summed E-state index contributed by atoms with van der Waals surface area (Å²) in [5.74, 6) is -0.426. The van der Waals surface area contributed by atoms with Crippen molar-refractivity contribution in [1.82, 2.24) is 0 Å². The molecule has 0 atom stereocenters. The quantitative estimate of drug-likeness (QED) is 0.694. The van der Waals surface area contributed by atoms with E-state index < -0.39 is 0 Å². The monoisotopic (exact) mass is 346 g/mol. The maximum absolute atomic E-state index is 12.2. The summed E-state index contributed by atoms with van der Waals surface area (Å²) in [5.41, 5.74) is 2.74. The number of nitrogens with one attached hydrogen (secondary N) is 4. The predicted molar refractivity (Wildman–Crippen MR) is 98.1 cm³/mol. The van der Waals surface area contributed by atoms with E-state index in [-0.39, 0.29) is 11.8 Å². The van der Waals surface area contributed by atoms with Crippen LogP contribution in [0.25, 0.3) is 6.08 Å². The highest BCUT2D eigenvalue weighted by Gasteiger charge is 2.06. The third-order valence-electron chi connectivity index (χ3n) is 3.54. The number of H-pyrrole nitrogens is 2. The van der Waals surface area contributed by atoms with Gasteiger partial charge >= 0.3 is 0 Å². The number of benzene rings is 1. The van der Waals surface area contributed by atoms with Crippen LogP contribution < -0.4 is 20.6 Å². The van der Waals surface area contributed by atoms with E-state index in [1.165, 1.54) is 6.08 Å². The van der Waals surface area contributed by atoms with Gasteiger partial charge in [0.1, 0.15) is 11.4 Å². The Morgan fingerprint density at radius 2 is 1.42 bits per heavy atom. The van der Waals surface area contributed by atoms with E-state index in [0.717, 1.165) is 5.56 Å². The number of hydrogen-bond acceptors (Lipinski definition) is 2. The minimum absolute atomic E-state index is 0.196. The van der Waals surface area contributed by atoms with E-state index in [1.807, 2.05) is 6.07 Å².